The second-order valence-electron chi connectivity index (χ2n) is 5.86. The lowest BCUT2D eigenvalue weighted by Crippen LogP contribution is -2.32. The summed E-state index contributed by atoms with van der Waals surface area (Å²) < 4.78 is 0. The zero-order valence-electron chi connectivity index (χ0n) is 13.7. The van der Waals surface area contributed by atoms with Crippen LogP contribution in [0.3, 0.4) is 0 Å². The van der Waals surface area contributed by atoms with Gasteiger partial charge in [0, 0.05) is 5.69 Å². The first-order valence-electron chi connectivity index (χ1n) is 7.58. The Morgan fingerprint density at radius 3 is 2.29 bits per heavy atom. The van der Waals surface area contributed by atoms with Crippen molar-refractivity contribution in [2.45, 2.75) is 20.8 Å². The number of carbonyl (C=O) groups is 2. The number of halogens is 1. The standard InChI is InChI=1S/C19H17ClN2O2/c1-11-8-9-14(13(3)10-11)21-17-16(20)18(23)22(19(17)24)15-7-5-4-6-12(15)2/h4-10,21H,1-3H3. The van der Waals surface area contributed by atoms with Crippen molar-refractivity contribution in [3.63, 3.8) is 0 Å². The van der Waals surface area contributed by atoms with Gasteiger partial charge in [-0.05, 0) is 44.0 Å². The van der Waals surface area contributed by atoms with Crippen LogP contribution >= 0.6 is 11.6 Å². The fourth-order valence-corrected chi connectivity index (χ4v) is 2.95. The van der Waals surface area contributed by atoms with Crippen LogP contribution in [0.4, 0.5) is 11.4 Å². The van der Waals surface area contributed by atoms with Crippen molar-refractivity contribution in [2.24, 2.45) is 0 Å². The maximum Gasteiger partial charge on any atom is 0.283 e. The fraction of sp³-hybridized carbons (Fsp3) is 0.158. The van der Waals surface area contributed by atoms with Crippen molar-refractivity contribution >= 4 is 34.8 Å². The van der Waals surface area contributed by atoms with Gasteiger partial charge in [0.15, 0.2) is 0 Å². The van der Waals surface area contributed by atoms with Crippen LogP contribution in [-0.2, 0) is 9.59 Å². The second kappa shape index (κ2) is 6.13. The normalized spacial score (nSPS) is 14.6. The lowest BCUT2D eigenvalue weighted by Gasteiger charge is -2.17. The third-order valence-electron chi connectivity index (χ3n) is 4.03. The molecule has 4 nitrogen and oxygen atoms in total. The maximum absolute atomic E-state index is 12.8. The average Bonchev–Trinajstić information content (AvgIpc) is 2.74. The molecule has 3 rings (SSSR count). The van der Waals surface area contributed by atoms with Crippen molar-refractivity contribution in [2.75, 3.05) is 10.2 Å². The number of para-hydroxylation sites is 1. The number of hydrogen-bond donors (Lipinski definition) is 1. The molecular formula is C19H17ClN2O2. The number of amides is 2. The summed E-state index contributed by atoms with van der Waals surface area (Å²) in [6.07, 6.45) is 0. The number of carbonyl (C=O) groups excluding carboxylic acids is 2. The van der Waals surface area contributed by atoms with Gasteiger partial charge in [-0.3, -0.25) is 9.59 Å². The van der Waals surface area contributed by atoms with Crippen molar-refractivity contribution in [1.82, 2.24) is 0 Å². The molecule has 0 aliphatic carbocycles. The minimum absolute atomic E-state index is 0.0942. The molecule has 2 aromatic carbocycles. The van der Waals surface area contributed by atoms with Gasteiger partial charge < -0.3 is 5.32 Å². The molecule has 0 fully saturated rings. The Morgan fingerprint density at radius 1 is 0.917 bits per heavy atom. The number of hydrogen-bond acceptors (Lipinski definition) is 3. The second-order valence-corrected chi connectivity index (χ2v) is 6.24. The van der Waals surface area contributed by atoms with Gasteiger partial charge >= 0.3 is 0 Å². The topological polar surface area (TPSA) is 49.4 Å². The van der Waals surface area contributed by atoms with Crippen LogP contribution in [0.1, 0.15) is 16.7 Å². The molecule has 0 atom stereocenters. The number of rotatable bonds is 3. The van der Waals surface area contributed by atoms with Gasteiger partial charge in [-0.2, -0.15) is 0 Å². The Hall–Kier alpha value is -2.59. The van der Waals surface area contributed by atoms with Crippen LogP contribution in [0.2, 0.25) is 0 Å². The third-order valence-corrected chi connectivity index (χ3v) is 4.38. The molecule has 2 amide bonds. The Morgan fingerprint density at radius 2 is 1.62 bits per heavy atom. The number of nitrogens with zero attached hydrogens (tertiary/aromatic N) is 1. The van der Waals surface area contributed by atoms with Gasteiger partial charge in [0.1, 0.15) is 10.7 Å². The molecule has 0 unspecified atom stereocenters. The number of aryl methyl sites for hydroxylation is 3. The summed E-state index contributed by atoms with van der Waals surface area (Å²) in [6, 6.07) is 13.0. The summed E-state index contributed by atoms with van der Waals surface area (Å²) >= 11 is 6.16. The molecule has 1 aliphatic rings. The molecule has 5 heteroatoms. The summed E-state index contributed by atoms with van der Waals surface area (Å²) in [5.41, 5.74) is 4.33. The molecule has 24 heavy (non-hydrogen) atoms. The first-order valence-corrected chi connectivity index (χ1v) is 7.96. The summed E-state index contributed by atoms with van der Waals surface area (Å²) in [6.45, 7) is 5.77. The predicted octanol–water partition coefficient (Wildman–Crippen LogP) is 4.05. The van der Waals surface area contributed by atoms with Crippen LogP contribution in [0.15, 0.2) is 53.2 Å². The molecule has 2 aromatic rings. The van der Waals surface area contributed by atoms with Gasteiger partial charge in [0.25, 0.3) is 11.8 Å². The first kappa shape index (κ1) is 16.3. The van der Waals surface area contributed by atoms with E-state index in [1.807, 2.05) is 51.1 Å². The van der Waals surface area contributed by atoms with E-state index in [1.54, 1.807) is 12.1 Å². The third kappa shape index (κ3) is 2.69. The molecule has 1 heterocycles. The number of anilines is 2. The van der Waals surface area contributed by atoms with E-state index >= 15 is 0 Å². The minimum Gasteiger partial charge on any atom is -0.349 e. The monoisotopic (exact) mass is 340 g/mol. The average molecular weight is 341 g/mol. The highest BCUT2D eigenvalue weighted by Crippen LogP contribution is 2.32. The molecule has 0 radical (unpaired) electrons. The lowest BCUT2D eigenvalue weighted by molar-refractivity contribution is -0.120. The molecule has 0 saturated carbocycles. The predicted molar refractivity (Wildman–Crippen MR) is 96.1 cm³/mol. The minimum atomic E-state index is -0.511. The van der Waals surface area contributed by atoms with Crippen LogP contribution < -0.4 is 10.2 Å². The van der Waals surface area contributed by atoms with Gasteiger partial charge in [0.2, 0.25) is 0 Å². The summed E-state index contributed by atoms with van der Waals surface area (Å²) in [4.78, 5) is 26.4. The Kier molecular flexibility index (Phi) is 4.16. The van der Waals surface area contributed by atoms with Gasteiger partial charge in [-0.1, -0.05) is 47.5 Å². The molecule has 1 N–H and O–H groups in total. The summed E-state index contributed by atoms with van der Waals surface area (Å²) in [7, 11) is 0. The Balaban J connectivity index is 1.96. The van der Waals surface area contributed by atoms with E-state index in [-0.39, 0.29) is 10.7 Å². The van der Waals surface area contributed by atoms with E-state index in [0.717, 1.165) is 27.3 Å². The zero-order chi connectivity index (χ0) is 17.4. The Labute approximate surface area is 145 Å². The van der Waals surface area contributed by atoms with Crippen molar-refractivity contribution < 1.29 is 9.59 Å². The van der Waals surface area contributed by atoms with E-state index < -0.39 is 11.8 Å². The van der Waals surface area contributed by atoms with Crippen LogP contribution in [-0.4, -0.2) is 11.8 Å². The molecule has 1 aliphatic heterocycles. The summed E-state index contributed by atoms with van der Waals surface area (Å²) in [5.74, 6) is -0.956. The summed E-state index contributed by atoms with van der Waals surface area (Å²) in [5, 5.41) is 2.93. The van der Waals surface area contributed by atoms with E-state index in [4.69, 9.17) is 11.6 Å². The van der Waals surface area contributed by atoms with Crippen molar-refractivity contribution in [1.29, 1.82) is 0 Å². The van der Waals surface area contributed by atoms with E-state index in [0.29, 0.717) is 5.69 Å². The molecule has 0 spiro atoms. The largest absolute Gasteiger partial charge is 0.349 e. The highest BCUT2D eigenvalue weighted by atomic mass is 35.5. The molecular weight excluding hydrogens is 324 g/mol. The van der Waals surface area contributed by atoms with Crippen molar-refractivity contribution in [3.05, 3.63) is 69.9 Å². The number of imide groups is 1. The Bertz CT molecular complexity index is 887. The highest BCUT2D eigenvalue weighted by Gasteiger charge is 2.39. The van der Waals surface area contributed by atoms with Crippen LogP contribution in [0.25, 0.3) is 0 Å². The van der Waals surface area contributed by atoms with E-state index in [2.05, 4.69) is 5.32 Å². The first-order chi connectivity index (χ1) is 11.4. The molecule has 122 valence electrons. The zero-order valence-corrected chi connectivity index (χ0v) is 14.4. The quantitative estimate of drug-likeness (QED) is 0.858. The smallest absolute Gasteiger partial charge is 0.283 e. The van der Waals surface area contributed by atoms with Gasteiger partial charge in [0.05, 0.1) is 5.69 Å². The van der Waals surface area contributed by atoms with Gasteiger partial charge in [-0.15, -0.1) is 0 Å². The lowest BCUT2D eigenvalue weighted by atomic mass is 10.1. The number of nitrogens with one attached hydrogen (secondary N) is 1. The van der Waals surface area contributed by atoms with Crippen LogP contribution in [0, 0.1) is 20.8 Å². The SMILES string of the molecule is Cc1ccc(NC2=C(Cl)C(=O)N(c3ccccc3C)C2=O)c(C)c1. The molecule has 0 saturated heterocycles. The van der Waals surface area contributed by atoms with E-state index in [9.17, 15) is 9.59 Å². The molecule has 0 bridgehead atoms. The van der Waals surface area contributed by atoms with Crippen LogP contribution in [0.5, 0.6) is 0 Å². The fourth-order valence-electron chi connectivity index (χ4n) is 2.73. The highest BCUT2D eigenvalue weighted by molar-refractivity contribution is 6.53. The molecule has 0 aromatic heterocycles. The maximum atomic E-state index is 12.8. The van der Waals surface area contributed by atoms with Crippen molar-refractivity contribution in [3.8, 4) is 0 Å². The number of benzene rings is 2. The van der Waals surface area contributed by atoms with Gasteiger partial charge in [-0.25, -0.2) is 4.90 Å². The van der Waals surface area contributed by atoms with E-state index in [1.165, 1.54) is 0 Å².